The minimum atomic E-state index is -0.579. The van der Waals surface area contributed by atoms with Crippen LogP contribution in [0.1, 0.15) is 77.0 Å². The number of amides is 2. The van der Waals surface area contributed by atoms with Gasteiger partial charge in [0.05, 0.1) is 23.3 Å². The van der Waals surface area contributed by atoms with Crippen LogP contribution in [0.2, 0.25) is 0 Å². The van der Waals surface area contributed by atoms with Gasteiger partial charge in [-0.05, 0) is 66.4 Å². The van der Waals surface area contributed by atoms with Crippen molar-refractivity contribution < 1.29 is 23.9 Å². The molecule has 3 aromatic carbocycles. The molecule has 1 aliphatic rings. The Hall–Kier alpha value is -3.93. The van der Waals surface area contributed by atoms with Gasteiger partial charge in [-0.25, -0.2) is 4.79 Å². The predicted octanol–water partition coefficient (Wildman–Crippen LogP) is 6.54. The summed E-state index contributed by atoms with van der Waals surface area (Å²) in [6, 6.07) is 19.6. The van der Waals surface area contributed by atoms with Crippen LogP contribution in [0.25, 0.3) is 11.1 Å². The van der Waals surface area contributed by atoms with Gasteiger partial charge in [-0.2, -0.15) is 0 Å². The fourth-order valence-electron chi connectivity index (χ4n) is 4.16. The van der Waals surface area contributed by atoms with Crippen molar-refractivity contribution in [3.05, 3.63) is 83.4 Å². The van der Waals surface area contributed by atoms with Crippen molar-refractivity contribution in [1.82, 2.24) is 4.90 Å². The van der Waals surface area contributed by atoms with Gasteiger partial charge in [-0.3, -0.25) is 14.5 Å². The van der Waals surface area contributed by atoms with E-state index in [1.165, 1.54) is 23.1 Å². The summed E-state index contributed by atoms with van der Waals surface area (Å²) in [6.45, 7) is 5.26. The van der Waals surface area contributed by atoms with Crippen LogP contribution in [0.3, 0.4) is 0 Å². The fraction of sp³-hybridized carbons (Fsp3) is 0.300. The molecule has 0 radical (unpaired) electrons. The maximum absolute atomic E-state index is 12.8. The third-order valence-electron chi connectivity index (χ3n) is 6.17. The molecule has 2 amide bonds. The third-order valence-corrected chi connectivity index (χ3v) is 6.17. The first-order valence-corrected chi connectivity index (χ1v) is 12.6. The van der Waals surface area contributed by atoms with E-state index in [-0.39, 0.29) is 22.9 Å². The van der Waals surface area contributed by atoms with Gasteiger partial charge in [0.15, 0.2) is 0 Å². The smallest absolute Gasteiger partial charge is 0.343 e. The fourth-order valence-corrected chi connectivity index (χ4v) is 4.16. The number of fused-ring (bicyclic) bond motifs is 1. The summed E-state index contributed by atoms with van der Waals surface area (Å²) in [5.41, 5.74) is 2.83. The molecule has 0 aromatic heterocycles. The van der Waals surface area contributed by atoms with E-state index < -0.39 is 5.97 Å². The Labute approximate surface area is 211 Å². The van der Waals surface area contributed by atoms with Crippen molar-refractivity contribution in [3.8, 4) is 22.6 Å². The summed E-state index contributed by atoms with van der Waals surface area (Å²) in [7, 11) is 0. The van der Waals surface area contributed by atoms with E-state index in [0.717, 1.165) is 49.0 Å². The highest BCUT2D eigenvalue weighted by Crippen LogP contribution is 2.27. The van der Waals surface area contributed by atoms with Crippen molar-refractivity contribution in [1.29, 1.82) is 0 Å². The molecule has 4 rings (SSSR count). The zero-order chi connectivity index (χ0) is 25.5. The Kier molecular flexibility index (Phi) is 8.16. The molecule has 186 valence electrons. The summed E-state index contributed by atoms with van der Waals surface area (Å²) in [5.74, 6) is 0.000548. The highest BCUT2D eigenvalue weighted by molar-refractivity contribution is 6.22. The highest BCUT2D eigenvalue weighted by Gasteiger charge is 2.35. The Morgan fingerprint density at radius 3 is 2.00 bits per heavy atom. The van der Waals surface area contributed by atoms with Crippen molar-refractivity contribution >= 4 is 17.8 Å². The Morgan fingerprint density at radius 1 is 0.722 bits per heavy atom. The van der Waals surface area contributed by atoms with Gasteiger partial charge in [-0.1, -0.05) is 57.4 Å². The van der Waals surface area contributed by atoms with Crippen molar-refractivity contribution in [3.63, 3.8) is 0 Å². The lowest BCUT2D eigenvalue weighted by Gasteiger charge is -2.13. The summed E-state index contributed by atoms with van der Waals surface area (Å²) in [6.07, 6.45) is 4.86. The molecule has 6 heteroatoms. The number of esters is 1. The van der Waals surface area contributed by atoms with Crippen LogP contribution in [-0.4, -0.2) is 35.8 Å². The second-order valence-corrected chi connectivity index (χ2v) is 8.87. The van der Waals surface area contributed by atoms with E-state index in [1.54, 1.807) is 12.1 Å². The minimum Gasteiger partial charge on any atom is -0.494 e. The number of hydrogen-bond donors (Lipinski definition) is 0. The van der Waals surface area contributed by atoms with Crippen molar-refractivity contribution in [2.45, 2.75) is 46.0 Å². The first kappa shape index (κ1) is 25.2. The van der Waals surface area contributed by atoms with Crippen LogP contribution in [0, 0.1) is 0 Å². The molecular formula is C30H31NO5. The van der Waals surface area contributed by atoms with E-state index in [1.807, 2.05) is 36.4 Å². The van der Waals surface area contributed by atoms with Crippen LogP contribution in [0.5, 0.6) is 11.5 Å². The molecule has 3 aromatic rings. The number of ether oxygens (including phenoxy) is 2. The molecular weight excluding hydrogens is 454 g/mol. The average molecular weight is 486 g/mol. The number of imide groups is 1. The number of nitrogens with zero attached hydrogens (tertiary/aromatic N) is 1. The first-order chi connectivity index (χ1) is 17.5. The normalized spacial score (nSPS) is 12.6. The lowest BCUT2D eigenvalue weighted by Crippen LogP contribution is -2.30. The Morgan fingerprint density at radius 2 is 1.36 bits per heavy atom. The SMILES string of the molecule is CCCCCCN1C(=O)c2ccc(C(=O)Oc3ccc(-c4ccc(OCCC)cc4)cc3)cc2C1=O. The molecule has 1 heterocycles. The highest BCUT2D eigenvalue weighted by atomic mass is 16.5. The first-order valence-electron chi connectivity index (χ1n) is 12.6. The molecule has 0 atom stereocenters. The van der Waals surface area contributed by atoms with E-state index in [9.17, 15) is 14.4 Å². The topological polar surface area (TPSA) is 72.9 Å². The molecule has 0 saturated carbocycles. The number of unbranched alkanes of at least 4 members (excludes halogenated alkanes) is 3. The molecule has 0 bridgehead atoms. The van der Waals surface area contributed by atoms with Gasteiger partial charge in [0.2, 0.25) is 0 Å². The maximum Gasteiger partial charge on any atom is 0.343 e. The number of benzene rings is 3. The summed E-state index contributed by atoms with van der Waals surface area (Å²) in [4.78, 5) is 39.5. The monoisotopic (exact) mass is 485 g/mol. The number of hydrogen-bond acceptors (Lipinski definition) is 5. The van der Waals surface area contributed by atoms with Crippen LogP contribution in [-0.2, 0) is 0 Å². The minimum absolute atomic E-state index is 0.231. The largest absolute Gasteiger partial charge is 0.494 e. The lowest BCUT2D eigenvalue weighted by atomic mass is 10.1. The van der Waals surface area contributed by atoms with Crippen molar-refractivity contribution in [2.75, 3.05) is 13.2 Å². The summed E-state index contributed by atoms with van der Waals surface area (Å²) >= 11 is 0. The van der Waals surface area contributed by atoms with Crippen LogP contribution < -0.4 is 9.47 Å². The number of carbonyl (C=O) groups is 3. The third kappa shape index (κ3) is 5.65. The van der Waals surface area contributed by atoms with Crippen LogP contribution >= 0.6 is 0 Å². The zero-order valence-electron chi connectivity index (χ0n) is 20.8. The van der Waals surface area contributed by atoms with Gasteiger partial charge < -0.3 is 9.47 Å². The van der Waals surface area contributed by atoms with Crippen molar-refractivity contribution in [2.24, 2.45) is 0 Å². The molecule has 0 saturated heterocycles. The number of carbonyl (C=O) groups excluding carboxylic acids is 3. The molecule has 0 N–H and O–H groups in total. The van der Waals surface area contributed by atoms with Gasteiger partial charge in [0.1, 0.15) is 11.5 Å². The molecule has 0 unspecified atom stereocenters. The molecule has 0 fully saturated rings. The van der Waals surface area contributed by atoms with Gasteiger partial charge in [-0.15, -0.1) is 0 Å². The van der Waals surface area contributed by atoms with Gasteiger partial charge in [0.25, 0.3) is 11.8 Å². The summed E-state index contributed by atoms with van der Waals surface area (Å²) < 4.78 is 11.1. The van der Waals surface area contributed by atoms with Gasteiger partial charge >= 0.3 is 5.97 Å². The molecule has 36 heavy (non-hydrogen) atoms. The Balaban J connectivity index is 1.40. The molecule has 0 spiro atoms. The van der Waals surface area contributed by atoms with Gasteiger partial charge in [0, 0.05) is 6.54 Å². The second-order valence-electron chi connectivity index (χ2n) is 8.87. The molecule has 1 aliphatic heterocycles. The number of rotatable bonds is 11. The quantitative estimate of drug-likeness (QED) is 0.133. The zero-order valence-corrected chi connectivity index (χ0v) is 20.8. The standard InChI is InChI=1S/C30H31NO5/c1-3-5-6-7-18-31-28(32)26-17-12-23(20-27(26)29(31)33)30(34)36-25-15-10-22(11-16-25)21-8-13-24(14-9-21)35-19-4-2/h8-17,20H,3-7,18-19H2,1-2H3. The lowest BCUT2D eigenvalue weighted by molar-refractivity contribution is 0.0650. The Bertz CT molecular complexity index is 1230. The van der Waals surface area contributed by atoms with E-state index >= 15 is 0 Å². The maximum atomic E-state index is 12.8. The second kappa shape index (κ2) is 11.7. The predicted molar refractivity (Wildman–Crippen MR) is 139 cm³/mol. The van der Waals surface area contributed by atoms with E-state index in [4.69, 9.17) is 9.47 Å². The molecule has 6 nitrogen and oxygen atoms in total. The summed E-state index contributed by atoms with van der Waals surface area (Å²) in [5, 5.41) is 0. The van der Waals surface area contributed by atoms with E-state index in [0.29, 0.717) is 24.5 Å². The van der Waals surface area contributed by atoms with Crippen LogP contribution in [0.15, 0.2) is 66.7 Å². The average Bonchev–Trinajstić information content (AvgIpc) is 3.14. The molecule has 0 aliphatic carbocycles. The van der Waals surface area contributed by atoms with Crippen LogP contribution in [0.4, 0.5) is 0 Å². The van der Waals surface area contributed by atoms with E-state index in [2.05, 4.69) is 13.8 Å².